The first-order valence-corrected chi connectivity index (χ1v) is 10.7. The van der Waals surface area contributed by atoms with Gasteiger partial charge in [0.15, 0.2) is 0 Å². The SMILES string of the molecule is Cc1c(C)c2ccccc2[n+](C)c1/C=C1\Sc2sc3ccccc3c2N1C. The van der Waals surface area contributed by atoms with Gasteiger partial charge in [-0.15, -0.1) is 11.3 Å². The monoisotopic (exact) mass is 389 g/mol. The summed E-state index contributed by atoms with van der Waals surface area (Å²) in [7, 11) is 4.36. The molecule has 2 nitrogen and oxygen atoms in total. The standard InChI is InChI=1S/C23H21N2S2/c1-14-15(2)19(24(3)18-11-7-5-9-16(14)18)13-21-25(4)22-17-10-6-8-12-20(17)26-23(22)27-21/h5-13H,1-4H3/q+1. The highest BCUT2D eigenvalue weighted by atomic mass is 32.2. The highest BCUT2D eigenvalue weighted by Gasteiger charge is 2.28. The molecule has 2 aromatic heterocycles. The second-order valence-corrected chi connectivity index (χ2v) is 9.43. The van der Waals surface area contributed by atoms with Crippen molar-refractivity contribution in [3.05, 3.63) is 70.4 Å². The van der Waals surface area contributed by atoms with Crippen molar-refractivity contribution < 1.29 is 4.57 Å². The van der Waals surface area contributed by atoms with Gasteiger partial charge in [0, 0.05) is 40.2 Å². The van der Waals surface area contributed by atoms with E-state index in [1.165, 1.54) is 52.7 Å². The fraction of sp³-hybridized carbons (Fsp3) is 0.174. The highest BCUT2D eigenvalue weighted by Crippen LogP contribution is 2.54. The molecule has 0 aliphatic carbocycles. The van der Waals surface area contributed by atoms with Crippen LogP contribution >= 0.6 is 23.1 Å². The Bertz CT molecular complexity index is 1250. The van der Waals surface area contributed by atoms with Gasteiger partial charge in [0.2, 0.25) is 11.2 Å². The Labute approximate surface area is 167 Å². The largest absolute Gasteiger partial charge is 0.337 e. The molecule has 4 heteroatoms. The molecule has 3 heterocycles. The first kappa shape index (κ1) is 16.8. The fourth-order valence-electron chi connectivity index (χ4n) is 3.98. The average molecular weight is 390 g/mol. The molecular weight excluding hydrogens is 368 g/mol. The molecule has 134 valence electrons. The number of anilines is 1. The predicted molar refractivity (Wildman–Crippen MR) is 119 cm³/mol. The van der Waals surface area contributed by atoms with Gasteiger partial charge in [0.1, 0.15) is 7.05 Å². The first-order chi connectivity index (χ1) is 13.1. The van der Waals surface area contributed by atoms with Crippen LogP contribution in [0.15, 0.2) is 57.8 Å². The molecule has 4 aromatic rings. The van der Waals surface area contributed by atoms with E-state index in [4.69, 9.17) is 0 Å². The van der Waals surface area contributed by atoms with E-state index in [2.05, 4.69) is 92.0 Å². The Hall–Kier alpha value is -2.30. The average Bonchev–Trinajstić information content (AvgIpc) is 3.20. The van der Waals surface area contributed by atoms with E-state index in [1.807, 2.05) is 23.1 Å². The van der Waals surface area contributed by atoms with Crippen molar-refractivity contribution in [3.8, 4) is 0 Å². The molecule has 27 heavy (non-hydrogen) atoms. The minimum absolute atomic E-state index is 1.28. The van der Waals surface area contributed by atoms with Gasteiger partial charge in [0.05, 0.1) is 14.9 Å². The molecule has 1 aliphatic heterocycles. The molecular formula is C23H21N2S2+. The maximum Gasteiger partial charge on any atom is 0.213 e. The zero-order chi connectivity index (χ0) is 18.7. The van der Waals surface area contributed by atoms with Gasteiger partial charge in [-0.2, -0.15) is 4.57 Å². The van der Waals surface area contributed by atoms with Gasteiger partial charge < -0.3 is 4.90 Å². The van der Waals surface area contributed by atoms with Crippen molar-refractivity contribution in [1.29, 1.82) is 0 Å². The lowest BCUT2D eigenvalue weighted by Gasteiger charge is -2.15. The molecule has 2 aromatic carbocycles. The summed E-state index contributed by atoms with van der Waals surface area (Å²) in [5.74, 6) is 0. The maximum atomic E-state index is 2.35. The summed E-state index contributed by atoms with van der Waals surface area (Å²) in [6.07, 6.45) is 2.35. The van der Waals surface area contributed by atoms with Gasteiger partial charge in [0.25, 0.3) is 0 Å². The summed E-state index contributed by atoms with van der Waals surface area (Å²) in [6.45, 7) is 4.47. The summed E-state index contributed by atoms with van der Waals surface area (Å²) in [5.41, 5.74) is 6.61. The van der Waals surface area contributed by atoms with Crippen LogP contribution in [-0.2, 0) is 7.05 Å². The van der Waals surface area contributed by atoms with E-state index in [1.54, 1.807) is 0 Å². The minimum Gasteiger partial charge on any atom is -0.337 e. The van der Waals surface area contributed by atoms with Gasteiger partial charge in [-0.05, 0) is 31.5 Å². The number of rotatable bonds is 1. The lowest BCUT2D eigenvalue weighted by atomic mass is 10.0. The van der Waals surface area contributed by atoms with Crippen LogP contribution in [0.25, 0.3) is 27.1 Å². The zero-order valence-electron chi connectivity index (χ0n) is 15.9. The molecule has 0 bridgehead atoms. The van der Waals surface area contributed by atoms with Crippen molar-refractivity contribution in [1.82, 2.24) is 0 Å². The lowest BCUT2D eigenvalue weighted by molar-refractivity contribution is -0.647. The van der Waals surface area contributed by atoms with Crippen molar-refractivity contribution in [2.45, 2.75) is 18.1 Å². The number of thiophene rings is 1. The fourth-order valence-corrected chi connectivity index (χ4v) is 6.57. The zero-order valence-corrected chi connectivity index (χ0v) is 17.5. The number of hydrogen-bond acceptors (Lipinski definition) is 3. The van der Waals surface area contributed by atoms with Crippen LogP contribution in [-0.4, -0.2) is 7.05 Å². The van der Waals surface area contributed by atoms with Gasteiger partial charge in [-0.1, -0.05) is 42.1 Å². The quantitative estimate of drug-likeness (QED) is 0.367. The number of nitrogens with zero attached hydrogens (tertiary/aromatic N) is 2. The Morgan fingerprint density at radius 3 is 2.44 bits per heavy atom. The van der Waals surface area contributed by atoms with Crippen molar-refractivity contribution in [2.75, 3.05) is 11.9 Å². The lowest BCUT2D eigenvalue weighted by Crippen LogP contribution is -2.34. The second kappa shape index (κ2) is 6.11. The van der Waals surface area contributed by atoms with E-state index >= 15 is 0 Å². The Morgan fingerprint density at radius 2 is 1.63 bits per heavy atom. The summed E-state index contributed by atoms with van der Waals surface area (Å²) in [4.78, 5) is 2.35. The number of para-hydroxylation sites is 1. The summed E-state index contributed by atoms with van der Waals surface area (Å²) in [6, 6.07) is 17.4. The van der Waals surface area contributed by atoms with Crippen molar-refractivity contribution >= 4 is 55.9 Å². The predicted octanol–water partition coefficient (Wildman–Crippen LogP) is 6.04. The van der Waals surface area contributed by atoms with Gasteiger partial charge in [-0.25, -0.2) is 0 Å². The van der Waals surface area contributed by atoms with E-state index in [0.29, 0.717) is 0 Å². The van der Waals surface area contributed by atoms with Crippen LogP contribution in [0.2, 0.25) is 0 Å². The normalized spacial score (nSPS) is 15.3. The molecule has 1 aliphatic rings. The Morgan fingerprint density at radius 1 is 0.926 bits per heavy atom. The number of benzene rings is 2. The van der Waals surface area contributed by atoms with Crippen LogP contribution in [0.4, 0.5) is 5.69 Å². The number of pyridine rings is 1. The van der Waals surface area contributed by atoms with Gasteiger partial charge in [-0.3, -0.25) is 0 Å². The number of aryl methyl sites for hydroxylation is 2. The third-order valence-electron chi connectivity index (χ3n) is 5.64. The number of aromatic nitrogens is 1. The smallest absolute Gasteiger partial charge is 0.213 e. The number of thioether (sulfide) groups is 1. The number of hydrogen-bond donors (Lipinski definition) is 0. The summed E-state index contributed by atoms with van der Waals surface area (Å²) < 4.78 is 5.08. The Balaban J connectivity index is 1.68. The summed E-state index contributed by atoms with van der Waals surface area (Å²) >= 11 is 3.78. The van der Waals surface area contributed by atoms with Crippen LogP contribution in [0.1, 0.15) is 16.8 Å². The second-order valence-electron chi connectivity index (χ2n) is 7.09. The van der Waals surface area contributed by atoms with Crippen LogP contribution < -0.4 is 9.47 Å². The molecule has 0 saturated carbocycles. The minimum atomic E-state index is 1.28. The maximum absolute atomic E-state index is 2.35. The van der Waals surface area contributed by atoms with Gasteiger partial charge >= 0.3 is 0 Å². The molecule has 0 amide bonds. The number of fused-ring (bicyclic) bond motifs is 4. The van der Waals surface area contributed by atoms with E-state index in [9.17, 15) is 0 Å². The molecule has 0 unspecified atom stereocenters. The first-order valence-electron chi connectivity index (χ1n) is 9.09. The molecule has 0 radical (unpaired) electrons. The molecule has 0 atom stereocenters. The Kier molecular flexibility index (Phi) is 3.81. The van der Waals surface area contributed by atoms with E-state index < -0.39 is 0 Å². The molecule has 0 saturated heterocycles. The van der Waals surface area contributed by atoms with Crippen molar-refractivity contribution in [2.24, 2.45) is 7.05 Å². The van der Waals surface area contributed by atoms with Crippen molar-refractivity contribution in [3.63, 3.8) is 0 Å². The molecule has 0 N–H and O–H groups in total. The topological polar surface area (TPSA) is 7.12 Å². The molecule has 5 rings (SSSR count). The third-order valence-corrected chi connectivity index (χ3v) is 8.07. The molecule has 0 spiro atoms. The third kappa shape index (κ3) is 2.43. The highest BCUT2D eigenvalue weighted by molar-refractivity contribution is 8.05. The van der Waals surface area contributed by atoms with Crippen LogP contribution in [0, 0.1) is 13.8 Å². The van der Waals surface area contributed by atoms with E-state index in [0.717, 1.165) is 0 Å². The van der Waals surface area contributed by atoms with Crippen LogP contribution in [0.3, 0.4) is 0 Å². The molecule has 0 fully saturated rings. The van der Waals surface area contributed by atoms with E-state index in [-0.39, 0.29) is 0 Å². The summed E-state index contributed by atoms with van der Waals surface area (Å²) in [5, 5.41) is 3.97. The van der Waals surface area contributed by atoms with Crippen LogP contribution in [0.5, 0.6) is 0 Å².